The monoisotopic (exact) mass is 283 g/mol. The van der Waals surface area contributed by atoms with Crippen molar-refractivity contribution in [3.05, 3.63) is 28.5 Å². The van der Waals surface area contributed by atoms with Crippen LogP contribution in [0.5, 0.6) is 0 Å². The van der Waals surface area contributed by atoms with Crippen LogP contribution in [-0.2, 0) is 4.74 Å². The molecule has 0 spiro atoms. The van der Waals surface area contributed by atoms with Crippen LogP contribution in [0.2, 0.25) is 10.2 Å². The fraction of sp³-hybridized carbons (Fsp3) is 0.333. The third-order valence-corrected chi connectivity index (χ3v) is 3.54. The van der Waals surface area contributed by atoms with Crippen molar-refractivity contribution in [2.75, 3.05) is 31.2 Å². The van der Waals surface area contributed by atoms with Gasteiger partial charge in [-0.3, -0.25) is 0 Å². The van der Waals surface area contributed by atoms with E-state index in [4.69, 9.17) is 27.9 Å². The maximum absolute atomic E-state index is 6.27. The van der Waals surface area contributed by atoms with Crippen LogP contribution >= 0.6 is 23.2 Å². The molecule has 0 aliphatic carbocycles. The number of anilines is 1. The first kappa shape index (κ1) is 12.0. The van der Waals surface area contributed by atoms with E-state index in [-0.39, 0.29) is 0 Å². The first-order valence-electron chi connectivity index (χ1n) is 5.69. The van der Waals surface area contributed by atoms with Gasteiger partial charge in [0.2, 0.25) is 0 Å². The first-order chi connectivity index (χ1) is 8.75. The van der Waals surface area contributed by atoms with Crippen molar-refractivity contribution in [2.24, 2.45) is 0 Å². The summed E-state index contributed by atoms with van der Waals surface area (Å²) in [6.45, 7) is 3.04. The number of ether oxygens (including phenoxy) is 1. The molecule has 1 fully saturated rings. The van der Waals surface area contributed by atoms with Gasteiger partial charge in [-0.1, -0.05) is 23.2 Å². The Morgan fingerprint density at radius 3 is 2.78 bits per heavy atom. The molecule has 94 valence electrons. The second-order valence-electron chi connectivity index (χ2n) is 4.06. The Morgan fingerprint density at radius 1 is 1.22 bits per heavy atom. The summed E-state index contributed by atoms with van der Waals surface area (Å²) in [4.78, 5) is 10.7. The molecule has 4 nitrogen and oxygen atoms in total. The molecule has 1 saturated heterocycles. The van der Waals surface area contributed by atoms with Gasteiger partial charge in [-0.2, -0.15) is 0 Å². The van der Waals surface area contributed by atoms with E-state index in [0.717, 1.165) is 24.3 Å². The zero-order chi connectivity index (χ0) is 12.5. The molecule has 2 aromatic heterocycles. The minimum Gasteiger partial charge on any atom is -0.378 e. The highest BCUT2D eigenvalue weighted by Crippen LogP contribution is 2.29. The van der Waals surface area contributed by atoms with Crippen molar-refractivity contribution in [3.8, 4) is 0 Å². The van der Waals surface area contributed by atoms with E-state index in [9.17, 15) is 0 Å². The van der Waals surface area contributed by atoms with Crippen molar-refractivity contribution in [3.63, 3.8) is 0 Å². The number of hydrogen-bond acceptors (Lipinski definition) is 4. The van der Waals surface area contributed by atoms with E-state index in [1.807, 2.05) is 12.1 Å². The van der Waals surface area contributed by atoms with Crippen molar-refractivity contribution >= 4 is 39.9 Å². The fourth-order valence-electron chi connectivity index (χ4n) is 2.02. The predicted octanol–water partition coefficient (Wildman–Crippen LogP) is 2.77. The zero-order valence-electron chi connectivity index (χ0n) is 9.57. The van der Waals surface area contributed by atoms with Gasteiger partial charge in [-0.05, 0) is 12.1 Å². The van der Waals surface area contributed by atoms with E-state index in [1.54, 1.807) is 6.20 Å². The zero-order valence-corrected chi connectivity index (χ0v) is 11.1. The van der Waals surface area contributed by atoms with Crippen LogP contribution in [0.4, 0.5) is 5.82 Å². The summed E-state index contributed by atoms with van der Waals surface area (Å²) >= 11 is 12.3. The number of aromatic nitrogens is 2. The van der Waals surface area contributed by atoms with Crippen LogP contribution < -0.4 is 4.90 Å². The Morgan fingerprint density at radius 2 is 2.00 bits per heavy atom. The standard InChI is InChI=1S/C12H11Cl2N3O/c13-9-7-10(17-3-5-18-6-4-17)16-11-8(9)1-2-15-12(11)14/h1-2,7H,3-6H2. The molecule has 1 aliphatic heterocycles. The molecule has 0 amide bonds. The SMILES string of the molecule is Clc1cc(N2CCOCC2)nc2c(Cl)nccc12. The Hall–Kier alpha value is -1.10. The quantitative estimate of drug-likeness (QED) is 0.755. The second kappa shape index (κ2) is 4.88. The smallest absolute Gasteiger partial charge is 0.155 e. The van der Waals surface area contributed by atoms with Gasteiger partial charge < -0.3 is 9.64 Å². The van der Waals surface area contributed by atoms with Crippen molar-refractivity contribution in [1.82, 2.24) is 9.97 Å². The van der Waals surface area contributed by atoms with Crippen LogP contribution in [-0.4, -0.2) is 36.3 Å². The molecule has 3 rings (SSSR count). The van der Waals surface area contributed by atoms with Crippen LogP contribution in [0.25, 0.3) is 10.9 Å². The number of hydrogen-bond donors (Lipinski definition) is 0. The van der Waals surface area contributed by atoms with Gasteiger partial charge in [0, 0.05) is 24.7 Å². The van der Waals surface area contributed by atoms with Gasteiger partial charge in [0.1, 0.15) is 11.3 Å². The van der Waals surface area contributed by atoms with Crippen LogP contribution in [0, 0.1) is 0 Å². The topological polar surface area (TPSA) is 38.2 Å². The Kier molecular flexibility index (Phi) is 3.24. The molecule has 0 saturated carbocycles. The van der Waals surface area contributed by atoms with Gasteiger partial charge in [-0.15, -0.1) is 0 Å². The lowest BCUT2D eigenvalue weighted by Gasteiger charge is -2.28. The average Bonchev–Trinajstić information content (AvgIpc) is 2.41. The highest BCUT2D eigenvalue weighted by atomic mass is 35.5. The number of fused-ring (bicyclic) bond motifs is 1. The number of rotatable bonds is 1. The number of nitrogens with zero attached hydrogens (tertiary/aromatic N) is 3. The lowest BCUT2D eigenvalue weighted by molar-refractivity contribution is 0.122. The third kappa shape index (κ3) is 2.11. The molecule has 0 atom stereocenters. The number of pyridine rings is 2. The van der Waals surface area contributed by atoms with E-state index >= 15 is 0 Å². The molecule has 0 N–H and O–H groups in total. The molecule has 0 unspecified atom stereocenters. The first-order valence-corrected chi connectivity index (χ1v) is 6.45. The molecule has 3 heterocycles. The molecule has 6 heteroatoms. The summed E-state index contributed by atoms with van der Waals surface area (Å²) in [5.41, 5.74) is 0.646. The maximum atomic E-state index is 6.27. The average molecular weight is 284 g/mol. The summed E-state index contributed by atoms with van der Waals surface area (Å²) in [7, 11) is 0. The van der Waals surface area contributed by atoms with E-state index < -0.39 is 0 Å². The van der Waals surface area contributed by atoms with E-state index in [2.05, 4.69) is 14.9 Å². The Labute approximate surface area is 114 Å². The molecule has 18 heavy (non-hydrogen) atoms. The van der Waals surface area contributed by atoms with Crippen molar-refractivity contribution < 1.29 is 4.74 Å². The van der Waals surface area contributed by atoms with Crippen molar-refractivity contribution in [2.45, 2.75) is 0 Å². The highest BCUT2D eigenvalue weighted by molar-refractivity contribution is 6.38. The summed E-state index contributed by atoms with van der Waals surface area (Å²) in [6.07, 6.45) is 1.63. The summed E-state index contributed by atoms with van der Waals surface area (Å²) in [5, 5.41) is 1.85. The number of morpholine rings is 1. The molecule has 2 aromatic rings. The van der Waals surface area contributed by atoms with Gasteiger partial charge in [0.25, 0.3) is 0 Å². The molecule has 0 radical (unpaired) electrons. The Balaban J connectivity index is 2.11. The highest BCUT2D eigenvalue weighted by Gasteiger charge is 2.15. The molecular formula is C12H11Cl2N3O. The fourth-order valence-corrected chi connectivity index (χ4v) is 2.47. The van der Waals surface area contributed by atoms with E-state index in [0.29, 0.717) is 28.9 Å². The molecule has 0 aromatic carbocycles. The molecular weight excluding hydrogens is 273 g/mol. The summed E-state index contributed by atoms with van der Waals surface area (Å²) in [6, 6.07) is 3.69. The second-order valence-corrected chi connectivity index (χ2v) is 4.82. The molecule has 1 aliphatic rings. The van der Waals surface area contributed by atoms with E-state index in [1.165, 1.54) is 0 Å². The van der Waals surface area contributed by atoms with Gasteiger partial charge in [-0.25, -0.2) is 9.97 Å². The van der Waals surface area contributed by atoms with Gasteiger partial charge in [0.05, 0.1) is 18.2 Å². The Bertz CT molecular complexity index is 585. The lowest BCUT2D eigenvalue weighted by Crippen LogP contribution is -2.36. The predicted molar refractivity (Wildman–Crippen MR) is 72.6 cm³/mol. The summed E-state index contributed by atoms with van der Waals surface area (Å²) < 4.78 is 5.32. The van der Waals surface area contributed by atoms with Crippen LogP contribution in [0.3, 0.4) is 0 Å². The van der Waals surface area contributed by atoms with Gasteiger partial charge in [0.15, 0.2) is 5.15 Å². The van der Waals surface area contributed by atoms with Gasteiger partial charge >= 0.3 is 0 Å². The summed E-state index contributed by atoms with van der Waals surface area (Å²) in [5.74, 6) is 0.825. The minimum absolute atomic E-state index is 0.379. The third-order valence-electron chi connectivity index (χ3n) is 2.95. The number of halogens is 2. The largest absolute Gasteiger partial charge is 0.378 e. The minimum atomic E-state index is 0.379. The molecule has 0 bridgehead atoms. The maximum Gasteiger partial charge on any atom is 0.155 e. The normalized spacial score (nSPS) is 16.2. The lowest BCUT2D eigenvalue weighted by atomic mass is 10.2. The van der Waals surface area contributed by atoms with Crippen molar-refractivity contribution in [1.29, 1.82) is 0 Å². The van der Waals surface area contributed by atoms with Crippen LogP contribution in [0.15, 0.2) is 18.3 Å². The van der Waals surface area contributed by atoms with Crippen LogP contribution in [0.1, 0.15) is 0 Å².